The molecule has 0 unspecified atom stereocenters. The predicted molar refractivity (Wildman–Crippen MR) is 90.3 cm³/mol. The molecule has 0 aromatic heterocycles. The van der Waals surface area contributed by atoms with Crippen molar-refractivity contribution < 1.29 is 4.79 Å². The summed E-state index contributed by atoms with van der Waals surface area (Å²) >= 11 is 1.53. The van der Waals surface area contributed by atoms with Gasteiger partial charge in [0.25, 0.3) is 0 Å². The quantitative estimate of drug-likeness (QED) is 0.661. The molecule has 0 fully saturated rings. The molecule has 2 rings (SSSR count). The lowest BCUT2D eigenvalue weighted by molar-refractivity contribution is -0.126. The molecule has 2 N–H and O–H groups in total. The van der Waals surface area contributed by atoms with Gasteiger partial charge in [-0.25, -0.2) is 0 Å². The van der Waals surface area contributed by atoms with E-state index in [1.165, 1.54) is 30.3 Å². The molecule has 0 heterocycles. The van der Waals surface area contributed by atoms with Crippen LogP contribution in [0, 0.1) is 6.92 Å². The van der Waals surface area contributed by atoms with Crippen molar-refractivity contribution in [1.82, 2.24) is 4.90 Å². The van der Waals surface area contributed by atoms with Gasteiger partial charge in [0.1, 0.15) is 0 Å². The summed E-state index contributed by atoms with van der Waals surface area (Å²) in [7, 11) is 0. The average Bonchev–Trinajstić information content (AvgIpc) is 2.50. The number of carbonyl (C=O) groups is 1. The summed E-state index contributed by atoms with van der Waals surface area (Å²) in [5, 5.41) is 0. The molecule has 0 atom stereocenters. The molecule has 3 nitrogen and oxygen atoms in total. The fourth-order valence-corrected chi connectivity index (χ4v) is 3.53. The molecule has 4 heteroatoms. The first-order valence-electron chi connectivity index (χ1n) is 7.60. The number of aryl methyl sites for hydroxylation is 1. The number of nitrogen functional groups attached to an aromatic ring is 1. The van der Waals surface area contributed by atoms with Crippen molar-refractivity contribution in [3.05, 3.63) is 35.5 Å². The second-order valence-electron chi connectivity index (χ2n) is 5.35. The standard InChI is InChI=1S/C17H24N2OS/c1-3-19(14-9-5-4-6-10-14)16(20)12-21-15-11-7-8-13(2)17(15)18/h7-9,11H,3-6,10,12,18H2,1-2H3. The molecule has 0 radical (unpaired) electrons. The SMILES string of the molecule is CCN(C(=O)CSc1cccc(C)c1N)C1=CCCCC1. The topological polar surface area (TPSA) is 46.3 Å². The van der Waals surface area contributed by atoms with Crippen LogP contribution in [0.3, 0.4) is 0 Å². The number of thioether (sulfide) groups is 1. The molecule has 1 aromatic rings. The fraction of sp³-hybridized carbons (Fsp3) is 0.471. The van der Waals surface area contributed by atoms with Gasteiger partial charge in [0.2, 0.25) is 5.91 Å². The van der Waals surface area contributed by atoms with Crippen LogP contribution in [0.1, 0.15) is 38.2 Å². The summed E-state index contributed by atoms with van der Waals surface area (Å²) in [4.78, 5) is 15.4. The second kappa shape index (κ2) is 7.55. The molecule has 21 heavy (non-hydrogen) atoms. The summed E-state index contributed by atoms with van der Waals surface area (Å²) in [5.41, 5.74) is 9.12. The van der Waals surface area contributed by atoms with Gasteiger partial charge in [-0.15, -0.1) is 11.8 Å². The summed E-state index contributed by atoms with van der Waals surface area (Å²) in [6, 6.07) is 5.96. The van der Waals surface area contributed by atoms with Crippen molar-refractivity contribution in [3.8, 4) is 0 Å². The van der Waals surface area contributed by atoms with Gasteiger partial charge < -0.3 is 10.6 Å². The van der Waals surface area contributed by atoms with Crippen LogP contribution in [-0.4, -0.2) is 23.1 Å². The summed E-state index contributed by atoms with van der Waals surface area (Å²) < 4.78 is 0. The zero-order valence-corrected chi connectivity index (χ0v) is 13.7. The van der Waals surface area contributed by atoms with Gasteiger partial charge in [-0.2, -0.15) is 0 Å². The van der Waals surface area contributed by atoms with Crippen LogP contribution in [0.4, 0.5) is 5.69 Å². The molecule has 1 aliphatic carbocycles. The number of rotatable bonds is 5. The van der Waals surface area contributed by atoms with E-state index in [1.54, 1.807) is 0 Å². The number of carbonyl (C=O) groups excluding carboxylic acids is 1. The lowest BCUT2D eigenvalue weighted by Gasteiger charge is -2.26. The number of para-hydroxylation sites is 1. The van der Waals surface area contributed by atoms with E-state index in [2.05, 4.69) is 6.08 Å². The molecule has 0 saturated heterocycles. The average molecular weight is 304 g/mol. The fourth-order valence-electron chi connectivity index (χ4n) is 2.60. The Bertz CT molecular complexity index is 540. The van der Waals surface area contributed by atoms with Crippen molar-refractivity contribution in [3.63, 3.8) is 0 Å². The van der Waals surface area contributed by atoms with Crippen molar-refractivity contribution >= 4 is 23.4 Å². The van der Waals surface area contributed by atoms with E-state index in [9.17, 15) is 4.79 Å². The Morgan fingerprint density at radius 2 is 2.19 bits per heavy atom. The Hall–Kier alpha value is -1.42. The molecular weight excluding hydrogens is 280 g/mol. The number of hydrogen-bond donors (Lipinski definition) is 1. The van der Waals surface area contributed by atoms with Crippen molar-refractivity contribution in [2.24, 2.45) is 0 Å². The molecule has 1 amide bonds. The number of nitrogens with two attached hydrogens (primary N) is 1. The lowest BCUT2D eigenvalue weighted by atomic mass is 10.0. The highest BCUT2D eigenvalue weighted by Crippen LogP contribution is 2.28. The van der Waals surface area contributed by atoms with Gasteiger partial charge in [0, 0.05) is 22.8 Å². The first-order valence-corrected chi connectivity index (χ1v) is 8.59. The maximum Gasteiger partial charge on any atom is 0.237 e. The van der Waals surface area contributed by atoms with E-state index < -0.39 is 0 Å². The largest absolute Gasteiger partial charge is 0.398 e. The summed E-state index contributed by atoms with van der Waals surface area (Å²) in [6.45, 7) is 4.78. The van der Waals surface area contributed by atoms with Crippen molar-refractivity contribution in [2.45, 2.75) is 44.4 Å². The van der Waals surface area contributed by atoms with E-state index in [0.29, 0.717) is 5.75 Å². The highest BCUT2D eigenvalue weighted by molar-refractivity contribution is 8.00. The molecule has 0 spiro atoms. The Labute approximate surface area is 131 Å². The van der Waals surface area contributed by atoms with Gasteiger partial charge in [0.05, 0.1) is 5.75 Å². The van der Waals surface area contributed by atoms with E-state index in [0.717, 1.165) is 35.5 Å². The van der Waals surface area contributed by atoms with Gasteiger partial charge in [-0.3, -0.25) is 4.79 Å². The van der Waals surface area contributed by atoms with Crippen LogP contribution in [0.15, 0.2) is 34.9 Å². The second-order valence-corrected chi connectivity index (χ2v) is 6.37. The highest BCUT2D eigenvalue weighted by atomic mass is 32.2. The van der Waals surface area contributed by atoms with E-state index >= 15 is 0 Å². The Morgan fingerprint density at radius 1 is 1.38 bits per heavy atom. The number of anilines is 1. The third-order valence-corrected chi connectivity index (χ3v) is 4.92. The highest BCUT2D eigenvalue weighted by Gasteiger charge is 2.18. The number of allylic oxidation sites excluding steroid dienone is 2. The minimum atomic E-state index is 0.177. The lowest BCUT2D eigenvalue weighted by Crippen LogP contribution is -2.32. The number of hydrogen-bond acceptors (Lipinski definition) is 3. The maximum atomic E-state index is 12.5. The summed E-state index contributed by atoms with van der Waals surface area (Å²) in [5.74, 6) is 0.621. The number of amides is 1. The van der Waals surface area contributed by atoms with Crippen LogP contribution >= 0.6 is 11.8 Å². The van der Waals surface area contributed by atoms with E-state index in [-0.39, 0.29) is 5.91 Å². The monoisotopic (exact) mass is 304 g/mol. The zero-order valence-electron chi connectivity index (χ0n) is 12.9. The third kappa shape index (κ3) is 4.03. The Balaban J connectivity index is 1.99. The Kier molecular flexibility index (Phi) is 5.74. The molecule has 0 saturated carbocycles. The number of benzene rings is 1. The van der Waals surface area contributed by atoms with Crippen LogP contribution < -0.4 is 5.73 Å². The van der Waals surface area contributed by atoms with E-state index in [1.807, 2.05) is 36.9 Å². The molecule has 1 aliphatic rings. The molecule has 1 aromatic carbocycles. The summed E-state index contributed by atoms with van der Waals surface area (Å²) in [6.07, 6.45) is 6.77. The van der Waals surface area contributed by atoms with E-state index in [4.69, 9.17) is 5.73 Å². The number of nitrogens with zero attached hydrogens (tertiary/aromatic N) is 1. The normalized spacial score (nSPS) is 14.7. The maximum absolute atomic E-state index is 12.5. The first-order chi connectivity index (χ1) is 10.1. The molecular formula is C17H24N2OS. The minimum absolute atomic E-state index is 0.177. The minimum Gasteiger partial charge on any atom is -0.398 e. The van der Waals surface area contributed by atoms with Gasteiger partial charge in [-0.05, 0) is 51.2 Å². The van der Waals surface area contributed by atoms with Crippen LogP contribution in [0.25, 0.3) is 0 Å². The van der Waals surface area contributed by atoms with Crippen LogP contribution in [-0.2, 0) is 4.79 Å². The van der Waals surface area contributed by atoms with Crippen LogP contribution in [0.5, 0.6) is 0 Å². The van der Waals surface area contributed by atoms with Gasteiger partial charge in [0.15, 0.2) is 0 Å². The van der Waals surface area contributed by atoms with Crippen LogP contribution in [0.2, 0.25) is 0 Å². The third-order valence-electron chi connectivity index (χ3n) is 3.87. The predicted octanol–water partition coefficient (Wildman–Crippen LogP) is 3.98. The van der Waals surface area contributed by atoms with Gasteiger partial charge in [-0.1, -0.05) is 18.2 Å². The first kappa shape index (κ1) is 16.0. The van der Waals surface area contributed by atoms with Crippen molar-refractivity contribution in [1.29, 1.82) is 0 Å². The molecule has 0 bridgehead atoms. The van der Waals surface area contributed by atoms with Gasteiger partial charge >= 0.3 is 0 Å². The van der Waals surface area contributed by atoms with Crippen molar-refractivity contribution in [2.75, 3.05) is 18.0 Å². The zero-order chi connectivity index (χ0) is 15.2. The smallest absolute Gasteiger partial charge is 0.237 e. The molecule has 114 valence electrons. The Morgan fingerprint density at radius 3 is 2.86 bits per heavy atom. The molecule has 0 aliphatic heterocycles.